The summed E-state index contributed by atoms with van der Waals surface area (Å²) in [5, 5.41) is 11.7. The van der Waals surface area contributed by atoms with Gasteiger partial charge in [0, 0.05) is 0 Å². The van der Waals surface area contributed by atoms with E-state index in [1.807, 2.05) is 5.32 Å². The summed E-state index contributed by atoms with van der Waals surface area (Å²) in [5.41, 5.74) is -1.03. The van der Waals surface area contributed by atoms with Crippen LogP contribution in [0.2, 0.25) is 0 Å². The van der Waals surface area contributed by atoms with E-state index < -0.39 is 11.6 Å². The summed E-state index contributed by atoms with van der Waals surface area (Å²) in [4.78, 5) is 19.8. The zero-order valence-corrected chi connectivity index (χ0v) is 5.30. The van der Waals surface area contributed by atoms with Crippen molar-refractivity contribution in [3.05, 3.63) is 0 Å². The van der Waals surface area contributed by atoms with Gasteiger partial charge in [-0.3, -0.25) is 0 Å². The van der Waals surface area contributed by atoms with E-state index in [4.69, 9.17) is 0 Å². The molecule has 0 bridgehead atoms. The van der Waals surface area contributed by atoms with E-state index in [2.05, 4.69) is 0 Å². The number of carboxylic acid groups (broad SMARTS) is 1. The topological polar surface area (TPSA) is 69.2 Å². The molecule has 1 amide bonds. The molecule has 0 radical (unpaired) electrons. The number of carbonyl (C=O) groups excluding carboxylic acids is 2. The van der Waals surface area contributed by atoms with Crippen LogP contribution in [0.1, 0.15) is 13.8 Å². The Hall–Kier alpha value is -1.06. The van der Waals surface area contributed by atoms with Crippen LogP contribution in [-0.2, 0) is 4.79 Å². The molecule has 4 heteroatoms. The van der Waals surface area contributed by atoms with E-state index in [1.54, 1.807) is 0 Å². The third-order valence-corrected chi connectivity index (χ3v) is 0.719. The largest absolute Gasteiger partial charge is 0.530 e. The highest BCUT2D eigenvalue weighted by Crippen LogP contribution is 1.93. The van der Waals surface area contributed by atoms with Crippen molar-refractivity contribution in [1.29, 1.82) is 0 Å². The lowest BCUT2D eigenvalue weighted by Crippen LogP contribution is -2.50. The predicted octanol–water partition coefficient (Wildman–Crippen LogP) is -1.10. The summed E-state index contributed by atoms with van der Waals surface area (Å²) in [5.74, 6) is 0. The van der Waals surface area contributed by atoms with E-state index >= 15 is 0 Å². The average Bonchev–Trinajstić information content (AvgIpc) is 1.63. The fourth-order valence-electron chi connectivity index (χ4n) is 0.293. The Balaban J connectivity index is 3.86. The molecule has 0 rings (SSSR count). The predicted molar refractivity (Wildman–Crippen MR) is 28.7 cm³/mol. The summed E-state index contributed by atoms with van der Waals surface area (Å²) in [6, 6.07) is 0. The minimum atomic E-state index is -1.44. The fourth-order valence-corrected chi connectivity index (χ4v) is 0.293. The van der Waals surface area contributed by atoms with Crippen LogP contribution in [0, 0.1) is 0 Å². The second-order valence-electron chi connectivity index (χ2n) is 2.25. The molecule has 0 atom stereocenters. The molecule has 1 N–H and O–H groups in total. The van der Waals surface area contributed by atoms with Gasteiger partial charge in [-0.2, -0.15) is 0 Å². The number of rotatable bonds is 2. The van der Waals surface area contributed by atoms with Gasteiger partial charge in [-0.05, 0) is 13.8 Å². The van der Waals surface area contributed by atoms with Crippen molar-refractivity contribution < 1.29 is 14.7 Å². The smallest absolute Gasteiger partial charge is 0.144 e. The third kappa shape index (κ3) is 3.52. The molecule has 0 aliphatic rings. The second-order valence-corrected chi connectivity index (χ2v) is 2.25. The first kappa shape index (κ1) is 7.94. The van der Waals surface area contributed by atoms with E-state index in [0.29, 0.717) is 6.29 Å². The standard InChI is InChI=1S/C5H9NO3/c1-5(2,3-7)6-4(8)9/h3,6H,1-2H3,(H,8,9)/p-1. The molecule has 0 aliphatic heterocycles. The lowest BCUT2D eigenvalue weighted by molar-refractivity contribution is -0.252. The van der Waals surface area contributed by atoms with E-state index in [9.17, 15) is 14.7 Å². The quantitative estimate of drug-likeness (QED) is 0.482. The molecule has 0 heterocycles. The number of nitrogens with one attached hydrogen (secondary N) is 1. The SMILES string of the molecule is CC(C)(C=O)NC(=O)[O-]. The van der Waals surface area contributed by atoms with Crippen LogP contribution in [0.25, 0.3) is 0 Å². The Bertz CT molecular complexity index is 130. The van der Waals surface area contributed by atoms with Gasteiger partial charge in [0.15, 0.2) is 0 Å². The Kier molecular flexibility index (Phi) is 2.19. The lowest BCUT2D eigenvalue weighted by Gasteiger charge is -2.20. The zero-order chi connectivity index (χ0) is 7.49. The van der Waals surface area contributed by atoms with Gasteiger partial charge in [0.05, 0.1) is 5.54 Å². The highest BCUT2D eigenvalue weighted by Gasteiger charge is 2.13. The molecule has 0 unspecified atom stereocenters. The number of hydrogen-bond acceptors (Lipinski definition) is 3. The molecule has 0 aromatic heterocycles. The van der Waals surface area contributed by atoms with Crippen LogP contribution in [0.4, 0.5) is 4.79 Å². The van der Waals surface area contributed by atoms with Crippen molar-refractivity contribution in [2.45, 2.75) is 19.4 Å². The van der Waals surface area contributed by atoms with Gasteiger partial charge >= 0.3 is 0 Å². The highest BCUT2D eigenvalue weighted by atomic mass is 16.4. The summed E-state index contributed by atoms with van der Waals surface area (Å²) in [7, 11) is 0. The van der Waals surface area contributed by atoms with Crippen LogP contribution in [-0.4, -0.2) is 17.9 Å². The Labute approximate surface area is 52.9 Å². The van der Waals surface area contributed by atoms with Crippen molar-refractivity contribution >= 4 is 12.4 Å². The maximum atomic E-state index is 10.0. The van der Waals surface area contributed by atoms with Gasteiger partial charge in [-0.1, -0.05) is 0 Å². The fraction of sp³-hybridized carbons (Fsp3) is 0.600. The minimum absolute atomic E-state index is 0.503. The molecule has 4 nitrogen and oxygen atoms in total. The first-order valence-corrected chi connectivity index (χ1v) is 2.43. The molecule has 0 saturated carbocycles. The lowest BCUT2D eigenvalue weighted by atomic mass is 10.1. The monoisotopic (exact) mass is 130 g/mol. The summed E-state index contributed by atoms with van der Waals surface area (Å²) >= 11 is 0. The Morgan fingerprint density at radius 3 is 2.22 bits per heavy atom. The van der Waals surface area contributed by atoms with Gasteiger partial charge in [-0.25, -0.2) is 0 Å². The van der Waals surface area contributed by atoms with Crippen molar-refractivity contribution in [3.8, 4) is 0 Å². The van der Waals surface area contributed by atoms with Crippen LogP contribution in [0.5, 0.6) is 0 Å². The molecule has 0 aromatic carbocycles. The average molecular weight is 130 g/mol. The van der Waals surface area contributed by atoms with Crippen LogP contribution >= 0.6 is 0 Å². The maximum absolute atomic E-state index is 10.0. The molecular weight excluding hydrogens is 122 g/mol. The van der Waals surface area contributed by atoms with E-state index in [0.717, 1.165) is 0 Å². The molecule has 0 aromatic rings. The third-order valence-electron chi connectivity index (χ3n) is 0.719. The van der Waals surface area contributed by atoms with Crippen LogP contribution < -0.4 is 10.4 Å². The zero-order valence-electron chi connectivity index (χ0n) is 5.30. The van der Waals surface area contributed by atoms with Crippen LogP contribution in [0.3, 0.4) is 0 Å². The van der Waals surface area contributed by atoms with Gasteiger partial charge in [0.2, 0.25) is 0 Å². The summed E-state index contributed by atoms with van der Waals surface area (Å²) < 4.78 is 0. The van der Waals surface area contributed by atoms with Crippen molar-refractivity contribution in [2.75, 3.05) is 0 Å². The molecule has 9 heavy (non-hydrogen) atoms. The molecule has 0 fully saturated rings. The van der Waals surface area contributed by atoms with Crippen molar-refractivity contribution in [2.24, 2.45) is 0 Å². The first-order valence-electron chi connectivity index (χ1n) is 2.43. The first-order chi connectivity index (χ1) is 3.98. The van der Waals surface area contributed by atoms with E-state index in [-0.39, 0.29) is 0 Å². The molecule has 0 saturated heterocycles. The van der Waals surface area contributed by atoms with E-state index in [1.165, 1.54) is 13.8 Å². The van der Waals surface area contributed by atoms with Gasteiger partial charge in [-0.15, -0.1) is 0 Å². The Morgan fingerprint density at radius 2 is 2.11 bits per heavy atom. The van der Waals surface area contributed by atoms with Gasteiger partial charge < -0.3 is 20.0 Å². The van der Waals surface area contributed by atoms with Crippen molar-refractivity contribution in [3.63, 3.8) is 0 Å². The molecule has 0 spiro atoms. The number of amides is 1. The maximum Gasteiger partial charge on any atom is 0.144 e. The number of carbonyl (C=O) groups is 2. The van der Waals surface area contributed by atoms with Crippen LogP contribution in [0.15, 0.2) is 0 Å². The molecule has 52 valence electrons. The highest BCUT2D eigenvalue weighted by molar-refractivity contribution is 5.72. The summed E-state index contributed by atoms with van der Waals surface area (Å²) in [6.07, 6.45) is -0.935. The minimum Gasteiger partial charge on any atom is -0.530 e. The van der Waals surface area contributed by atoms with Gasteiger partial charge in [0.25, 0.3) is 0 Å². The molecule has 0 aliphatic carbocycles. The van der Waals surface area contributed by atoms with Gasteiger partial charge in [0.1, 0.15) is 12.4 Å². The second kappa shape index (κ2) is 2.48. The summed E-state index contributed by atoms with van der Waals surface area (Å²) in [6.45, 7) is 2.88. The number of hydrogen-bond donors (Lipinski definition) is 1. The normalized spacial score (nSPS) is 10.4. The molecular formula is C5H8NO3-. The van der Waals surface area contributed by atoms with Crippen molar-refractivity contribution in [1.82, 2.24) is 5.32 Å². The number of aldehydes is 1. The Morgan fingerprint density at radius 1 is 1.67 bits per heavy atom.